The molecule has 0 heteroatoms. The molecule has 12 heavy (non-hydrogen) atoms. The van der Waals surface area contributed by atoms with Crippen LogP contribution in [0.5, 0.6) is 0 Å². The largest absolute Gasteiger partial charge is 0.132 e. The molecular weight excluding hydrogens is 144 g/mol. The lowest BCUT2D eigenvalue weighted by Gasteiger charge is -2.34. The third kappa shape index (κ3) is 2.29. The van der Waals surface area contributed by atoms with Crippen LogP contribution in [-0.2, 0) is 0 Å². The molecule has 0 aliphatic rings. The Hall–Kier alpha value is -0.920. The molecule has 0 fully saturated rings. The van der Waals surface area contributed by atoms with E-state index in [0.29, 0.717) is 0 Å². The van der Waals surface area contributed by atoms with E-state index in [4.69, 9.17) is 0 Å². The zero-order valence-electron chi connectivity index (χ0n) is 8.78. The van der Waals surface area contributed by atoms with E-state index in [0.717, 1.165) is 0 Å². The first kappa shape index (κ1) is 11.1. The summed E-state index contributed by atoms with van der Waals surface area (Å²) in [5, 5.41) is 0. The maximum atomic E-state index is 3.59. The van der Waals surface area contributed by atoms with Crippen LogP contribution < -0.4 is 0 Å². The van der Waals surface area contributed by atoms with Crippen molar-refractivity contribution < 1.29 is 0 Å². The quantitative estimate of drug-likeness (QED) is 0.431. The van der Waals surface area contributed by atoms with Crippen molar-refractivity contribution >= 4 is 0 Å². The van der Waals surface area contributed by atoms with E-state index >= 15 is 0 Å². The molecule has 0 atom stereocenters. The normalized spacial score (nSPS) is 11.1. The topological polar surface area (TPSA) is 0 Å². The van der Waals surface area contributed by atoms with Gasteiger partial charge in [-0.15, -0.1) is 11.7 Å². The van der Waals surface area contributed by atoms with Gasteiger partial charge in [-0.3, -0.25) is 0 Å². The van der Waals surface area contributed by atoms with Gasteiger partial charge in [0.1, 0.15) is 0 Å². The lowest BCUT2D eigenvalue weighted by Crippen LogP contribution is -2.28. The van der Waals surface area contributed by atoms with Crippen LogP contribution >= 0.6 is 0 Å². The van der Waals surface area contributed by atoms with Crippen LogP contribution in [0.4, 0.5) is 0 Å². The number of allylic oxidation sites excluding steroid dienone is 1. The molecule has 0 radical (unpaired) electrons. The minimum atomic E-state index is -0.0214. The molecule has 0 heterocycles. The van der Waals surface area contributed by atoms with Gasteiger partial charge in [0.05, 0.1) is 0 Å². The van der Waals surface area contributed by atoms with Crippen molar-refractivity contribution in [3.63, 3.8) is 0 Å². The van der Waals surface area contributed by atoms with Crippen molar-refractivity contribution in [1.82, 2.24) is 0 Å². The maximum absolute atomic E-state index is 3.59. The molecule has 0 aliphatic carbocycles. The lowest BCUT2D eigenvalue weighted by atomic mass is 9.68. The van der Waals surface area contributed by atoms with Gasteiger partial charge in [-0.1, -0.05) is 26.3 Å². The fraction of sp³-hybridized carbons (Fsp3) is 0.583. The Morgan fingerprint density at radius 2 is 1.67 bits per heavy atom. The summed E-state index contributed by atoms with van der Waals surface area (Å²) < 4.78 is 0. The highest BCUT2D eigenvalue weighted by molar-refractivity contribution is 5.16. The van der Waals surface area contributed by atoms with Gasteiger partial charge in [-0.05, 0) is 26.8 Å². The fourth-order valence-electron chi connectivity index (χ4n) is 0.909. The average molecular weight is 162 g/mol. The minimum Gasteiger partial charge on any atom is -0.132 e. The maximum Gasteiger partial charge on any atom is 0.0349 e. The molecule has 0 rings (SSSR count). The molecule has 0 aromatic heterocycles. The van der Waals surface area contributed by atoms with Gasteiger partial charge in [0.25, 0.3) is 0 Å². The lowest BCUT2D eigenvalue weighted by molar-refractivity contribution is 0.246. The molecule has 0 amide bonds. The second kappa shape index (κ2) is 3.65. The van der Waals surface area contributed by atoms with E-state index in [1.54, 1.807) is 0 Å². The minimum absolute atomic E-state index is 0.0214. The zero-order chi connectivity index (χ0) is 9.83. The van der Waals surface area contributed by atoms with Crippen molar-refractivity contribution in [3.05, 3.63) is 18.4 Å². The van der Waals surface area contributed by atoms with Gasteiger partial charge in [-0.2, -0.15) is 0 Å². The van der Waals surface area contributed by atoms with E-state index < -0.39 is 0 Å². The first-order chi connectivity index (χ1) is 5.37. The standard InChI is InChI=1S/C12H18/c1-7-9-11(3,4)12(5,6)10-8-2/h9H,1H2,2-6H3. The van der Waals surface area contributed by atoms with Crippen molar-refractivity contribution in [1.29, 1.82) is 0 Å². The number of hydrogen-bond acceptors (Lipinski definition) is 0. The molecule has 0 N–H and O–H groups in total. The molecule has 0 bridgehead atoms. The Morgan fingerprint density at radius 3 is 2.00 bits per heavy atom. The Balaban J connectivity index is 4.95. The van der Waals surface area contributed by atoms with Crippen LogP contribution in [0.3, 0.4) is 0 Å². The molecule has 0 saturated carbocycles. The van der Waals surface area contributed by atoms with Gasteiger partial charge in [0.2, 0.25) is 0 Å². The highest BCUT2D eigenvalue weighted by atomic mass is 14.3. The molecule has 66 valence electrons. The van der Waals surface area contributed by atoms with Crippen molar-refractivity contribution in [3.8, 4) is 11.8 Å². The predicted octanol–water partition coefficient (Wildman–Crippen LogP) is 3.40. The van der Waals surface area contributed by atoms with E-state index in [2.05, 4.69) is 51.8 Å². The van der Waals surface area contributed by atoms with Crippen LogP contribution in [0, 0.1) is 22.7 Å². The van der Waals surface area contributed by atoms with Crippen LogP contribution in [0.15, 0.2) is 18.4 Å². The summed E-state index contributed by atoms with van der Waals surface area (Å²) in [7, 11) is 0. The molecule has 0 aromatic rings. The highest BCUT2D eigenvalue weighted by Gasteiger charge is 2.32. The molecule has 0 aromatic carbocycles. The summed E-state index contributed by atoms with van der Waals surface area (Å²) in [5.74, 6) is 6.15. The van der Waals surface area contributed by atoms with Crippen LogP contribution in [0.1, 0.15) is 34.6 Å². The highest BCUT2D eigenvalue weighted by Crippen LogP contribution is 2.38. The zero-order valence-corrected chi connectivity index (χ0v) is 8.78. The van der Waals surface area contributed by atoms with Gasteiger partial charge >= 0.3 is 0 Å². The second-order valence-electron chi connectivity index (χ2n) is 4.07. The van der Waals surface area contributed by atoms with E-state index in [1.807, 2.05) is 13.0 Å². The third-order valence-electron chi connectivity index (χ3n) is 2.51. The summed E-state index contributed by atoms with van der Waals surface area (Å²) in [5.41, 5.74) is 2.83. The summed E-state index contributed by atoms with van der Waals surface area (Å²) in [6.45, 7) is 14.0. The van der Waals surface area contributed by atoms with Crippen LogP contribution in [0.2, 0.25) is 0 Å². The average Bonchev–Trinajstić information content (AvgIpc) is 1.86. The molecule has 0 aliphatic heterocycles. The van der Waals surface area contributed by atoms with Crippen molar-refractivity contribution in [2.45, 2.75) is 34.6 Å². The Kier molecular flexibility index (Phi) is 3.37. The first-order valence-corrected chi connectivity index (χ1v) is 4.18. The number of hydrogen-bond donors (Lipinski definition) is 0. The molecule has 0 unspecified atom stereocenters. The summed E-state index contributed by atoms with van der Waals surface area (Å²) >= 11 is 0. The molecule has 0 spiro atoms. The summed E-state index contributed by atoms with van der Waals surface area (Å²) in [6.07, 6.45) is 1.98. The summed E-state index contributed by atoms with van der Waals surface area (Å²) in [4.78, 5) is 0. The monoisotopic (exact) mass is 162 g/mol. The van der Waals surface area contributed by atoms with Crippen molar-refractivity contribution in [2.75, 3.05) is 0 Å². The Labute approximate surface area is 76.4 Å². The first-order valence-electron chi connectivity index (χ1n) is 4.18. The van der Waals surface area contributed by atoms with Crippen molar-refractivity contribution in [2.24, 2.45) is 10.8 Å². The van der Waals surface area contributed by atoms with E-state index in [1.165, 1.54) is 0 Å². The summed E-state index contributed by atoms with van der Waals surface area (Å²) in [6, 6.07) is 0. The van der Waals surface area contributed by atoms with Gasteiger partial charge in [-0.25, -0.2) is 0 Å². The Morgan fingerprint density at radius 1 is 1.17 bits per heavy atom. The van der Waals surface area contributed by atoms with Gasteiger partial charge in [0.15, 0.2) is 0 Å². The predicted molar refractivity (Wildman–Crippen MR) is 54.7 cm³/mol. The fourth-order valence-corrected chi connectivity index (χ4v) is 0.909. The molecular formula is C12H18. The third-order valence-corrected chi connectivity index (χ3v) is 2.51. The number of rotatable bonds is 2. The molecule has 0 saturated heterocycles. The smallest absolute Gasteiger partial charge is 0.0349 e. The molecule has 0 nitrogen and oxygen atoms in total. The SMILES string of the molecule is C=C=CC(C)(C)C(C)(C)C#CC. The second-order valence-corrected chi connectivity index (χ2v) is 4.07. The van der Waals surface area contributed by atoms with Gasteiger partial charge in [0, 0.05) is 10.8 Å². The van der Waals surface area contributed by atoms with E-state index in [-0.39, 0.29) is 10.8 Å². The van der Waals surface area contributed by atoms with Crippen LogP contribution in [0.25, 0.3) is 0 Å². The van der Waals surface area contributed by atoms with Gasteiger partial charge < -0.3 is 0 Å². The van der Waals surface area contributed by atoms with Crippen LogP contribution in [-0.4, -0.2) is 0 Å². The Bertz CT molecular complexity index is 249. The van der Waals surface area contributed by atoms with E-state index in [9.17, 15) is 0 Å².